The van der Waals surface area contributed by atoms with Crippen molar-refractivity contribution in [1.82, 2.24) is 4.98 Å². The lowest BCUT2D eigenvalue weighted by Crippen LogP contribution is -1.97. The second-order valence-corrected chi connectivity index (χ2v) is 6.35. The van der Waals surface area contributed by atoms with Crippen molar-refractivity contribution in [3.63, 3.8) is 0 Å². The van der Waals surface area contributed by atoms with E-state index in [4.69, 9.17) is 14.2 Å². The van der Waals surface area contributed by atoms with E-state index in [-0.39, 0.29) is 6.79 Å². The Morgan fingerprint density at radius 2 is 1.74 bits per heavy atom. The average molecular weight is 355 g/mol. The van der Waals surface area contributed by atoms with Gasteiger partial charge >= 0.3 is 0 Å². The molecule has 132 valence electrons. The number of nitrogens with zero attached hydrogens (tertiary/aromatic N) is 1. The fourth-order valence-electron chi connectivity index (χ4n) is 3.31. The summed E-state index contributed by atoms with van der Waals surface area (Å²) in [7, 11) is 0. The van der Waals surface area contributed by atoms with Gasteiger partial charge in [-0.3, -0.25) is 4.98 Å². The van der Waals surface area contributed by atoms with Crippen molar-refractivity contribution < 1.29 is 14.2 Å². The van der Waals surface area contributed by atoms with Gasteiger partial charge in [-0.05, 0) is 47.0 Å². The minimum atomic E-state index is 0.271. The van der Waals surface area contributed by atoms with Gasteiger partial charge in [0.2, 0.25) is 6.79 Å². The summed E-state index contributed by atoms with van der Waals surface area (Å²) in [5, 5.41) is 1.04. The molecule has 0 spiro atoms. The van der Waals surface area contributed by atoms with Crippen LogP contribution in [0.5, 0.6) is 17.2 Å². The molecule has 4 heteroatoms. The number of pyridine rings is 1. The van der Waals surface area contributed by atoms with Crippen LogP contribution < -0.4 is 14.2 Å². The summed E-state index contributed by atoms with van der Waals surface area (Å²) in [5.74, 6) is 2.33. The Hall–Kier alpha value is -3.53. The van der Waals surface area contributed by atoms with Crippen LogP contribution in [0.2, 0.25) is 0 Å². The molecule has 3 aromatic carbocycles. The molecule has 0 fully saturated rings. The maximum Gasteiger partial charge on any atom is 0.231 e. The zero-order valence-corrected chi connectivity index (χ0v) is 14.6. The van der Waals surface area contributed by atoms with Crippen molar-refractivity contribution >= 4 is 10.9 Å². The summed E-state index contributed by atoms with van der Waals surface area (Å²) >= 11 is 0. The van der Waals surface area contributed by atoms with Gasteiger partial charge < -0.3 is 14.2 Å². The van der Waals surface area contributed by atoms with Crippen LogP contribution in [0.4, 0.5) is 0 Å². The lowest BCUT2D eigenvalue weighted by atomic mass is 9.99. The van der Waals surface area contributed by atoms with E-state index in [9.17, 15) is 0 Å². The van der Waals surface area contributed by atoms with E-state index >= 15 is 0 Å². The first kappa shape index (κ1) is 15.7. The minimum Gasteiger partial charge on any atom is -0.487 e. The van der Waals surface area contributed by atoms with E-state index in [0.29, 0.717) is 6.61 Å². The molecule has 0 aliphatic carbocycles. The maximum atomic E-state index is 6.06. The van der Waals surface area contributed by atoms with E-state index in [1.165, 1.54) is 0 Å². The first-order valence-electron chi connectivity index (χ1n) is 8.83. The second kappa shape index (κ2) is 6.65. The monoisotopic (exact) mass is 355 g/mol. The summed E-state index contributed by atoms with van der Waals surface area (Å²) in [6.07, 6.45) is 1.79. The number of aromatic nitrogens is 1. The van der Waals surface area contributed by atoms with Crippen LogP contribution in [0, 0.1) is 0 Å². The van der Waals surface area contributed by atoms with Crippen LogP contribution in [-0.4, -0.2) is 11.8 Å². The number of hydrogen-bond acceptors (Lipinski definition) is 4. The zero-order valence-electron chi connectivity index (χ0n) is 14.6. The highest BCUT2D eigenvalue weighted by Crippen LogP contribution is 2.39. The van der Waals surface area contributed by atoms with Gasteiger partial charge in [0, 0.05) is 11.6 Å². The molecular weight excluding hydrogens is 338 g/mol. The smallest absolute Gasteiger partial charge is 0.231 e. The molecule has 0 amide bonds. The van der Waals surface area contributed by atoms with E-state index < -0.39 is 0 Å². The van der Waals surface area contributed by atoms with E-state index in [0.717, 1.165) is 44.8 Å². The molecule has 2 heterocycles. The lowest BCUT2D eigenvalue weighted by Gasteiger charge is -2.12. The predicted molar refractivity (Wildman–Crippen MR) is 104 cm³/mol. The first-order valence-corrected chi connectivity index (χ1v) is 8.83. The van der Waals surface area contributed by atoms with Gasteiger partial charge in [-0.2, -0.15) is 0 Å². The van der Waals surface area contributed by atoms with Gasteiger partial charge in [0.05, 0.1) is 0 Å². The molecule has 0 bridgehead atoms. The molecule has 0 radical (unpaired) electrons. The van der Waals surface area contributed by atoms with Crippen LogP contribution in [0.1, 0.15) is 5.56 Å². The molecule has 0 saturated heterocycles. The molecule has 1 aromatic heterocycles. The Kier molecular flexibility index (Phi) is 3.87. The van der Waals surface area contributed by atoms with Crippen molar-refractivity contribution in [3.8, 4) is 28.4 Å². The number of ether oxygens (including phenoxy) is 3. The summed E-state index contributed by atoms with van der Waals surface area (Å²) in [5.41, 5.74) is 4.13. The quantitative estimate of drug-likeness (QED) is 0.504. The van der Waals surface area contributed by atoms with Gasteiger partial charge in [0.15, 0.2) is 11.5 Å². The van der Waals surface area contributed by atoms with Gasteiger partial charge in [-0.25, -0.2) is 0 Å². The lowest BCUT2D eigenvalue weighted by molar-refractivity contribution is 0.174. The van der Waals surface area contributed by atoms with Crippen LogP contribution in [0.25, 0.3) is 22.0 Å². The van der Waals surface area contributed by atoms with Crippen LogP contribution in [-0.2, 0) is 6.61 Å². The Morgan fingerprint density at radius 1 is 0.852 bits per heavy atom. The fraction of sp³-hybridized carbons (Fsp3) is 0.0870. The molecule has 4 aromatic rings. The highest BCUT2D eigenvalue weighted by molar-refractivity contribution is 5.98. The summed E-state index contributed by atoms with van der Waals surface area (Å²) in [4.78, 5) is 4.57. The first-order chi connectivity index (χ1) is 13.4. The largest absolute Gasteiger partial charge is 0.487 e. The molecule has 4 nitrogen and oxygen atoms in total. The highest BCUT2D eigenvalue weighted by Gasteiger charge is 2.16. The minimum absolute atomic E-state index is 0.271. The summed E-state index contributed by atoms with van der Waals surface area (Å²) < 4.78 is 17.0. The van der Waals surface area contributed by atoms with Gasteiger partial charge in [-0.15, -0.1) is 0 Å². The Bertz CT molecular complexity index is 1110. The number of hydrogen-bond donors (Lipinski definition) is 0. The molecule has 0 N–H and O–H groups in total. The summed E-state index contributed by atoms with van der Waals surface area (Å²) in [6.45, 7) is 0.781. The fourth-order valence-corrected chi connectivity index (χ4v) is 3.31. The number of fused-ring (bicyclic) bond motifs is 2. The molecule has 0 unspecified atom stereocenters. The van der Waals surface area contributed by atoms with E-state index in [1.54, 1.807) is 6.20 Å². The standard InChI is InChI=1S/C23H17NO3/c1-2-5-16(6-3-1)14-25-21-11-9-18(19-7-4-12-24-23(19)21)17-8-10-20-22(13-17)27-15-26-20/h1-13H,14-15H2. The Balaban J connectivity index is 1.54. The second-order valence-electron chi connectivity index (χ2n) is 6.35. The third-order valence-electron chi connectivity index (χ3n) is 4.65. The SMILES string of the molecule is c1ccc(COc2ccc(-c3ccc4c(c3)OCO4)c3cccnc23)cc1. The third kappa shape index (κ3) is 2.95. The van der Waals surface area contributed by atoms with Crippen LogP contribution in [0.3, 0.4) is 0 Å². The molecule has 0 atom stereocenters. The molecule has 5 rings (SSSR count). The van der Waals surface area contributed by atoms with Crippen molar-refractivity contribution in [3.05, 3.63) is 84.6 Å². The summed E-state index contributed by atoms with van der Waals surface area (Å²) in [6, 6.07) is 24.2. The third-order valence-corrected chi connectivity index (χ3v) is 4.65. The number of rotatable bonds is 4. The normalized spacial score (nSPS) is 12.3. The maximum absolute atomic E-state index is 6.06. The van der Waals surface area contributed by atoms with Crippen LogP contribution in [0.15, 0.2) is 79.0 Å². The topological polar surface area (TPSA) is 40.6 Å². The molecule has 27 heavy (non-hydrogen) atoms. The van der Waals surface area contributed by atoms with Gasteiger partial charge in [0.25, 0.3) is 0 Å². The van der Waals surface area contributed by atoms with Crippen LogP contribution >= 0.6 is 0 Å². The molecule has 0 saturated carbocycles. The van der Waals surface area contributed by atoms with E-state index in [1.807, 2.05) is 48.5 Å². The average Bonchev–Trinajstić information content (AvgIpc) is 3.20. The van der Waals surface area contributed by atoms with Crippen molar-refractivity contribution in [2.45, 2.75) is 6.61 Å². The predicted octanol–water partition coefficient (Wildman–Crippen LogP) is 5.21. The molecule has 1 aliphatic heterocycles. The number of benzene rings is 3. The Labute approximate surface area is 157 Å². The van der Waals surface area contributed by atoms with Crippen molar-refractivity contribution in [1.29, 1.82) is 0 Å². The van der Waals surface area contributed by atoms with Crippen molar-refractivity contribution in [2.24, 2.45) is 0 Å². The van der Waals surface area contributed by atoms with Gasteiger partial charge in [0.1, 0.15) is 17.9 Å². The zero-order chi connectivity index (χ0) is 18.1. The van der Waals surface area contributed by atoms with Crippen molar-refractivity contribution in [2.75, 3.05) is 6.79 Å². The Morgan fingerprint density at radius 3 is 2.67 bits per heavy atom. The van der Waals surface area contributed by atoms with Gasteiger partial charge in [-0.1, -0.05) is 42.5 Å². The highest BCUT2D eigenvalue weighted by atomic mass is 16.7. The molecular formula is C23H17NO3. The molecule has 1 aliphatic rings. The van der Waals surface area contributed by atoms with E-state index in [2.05, 4.69) is 29.2 Å².